The Hall–Kier alpha value is -3.67. The summed E-state index contributed by atoms with van der Waals surface area (Å²) in [5.74, 6) is -1.05. The van der Waals surface area contributed by atoms with Crippen LogP contribution in [0.1, 0.15) is 30.4 Å². The van der Waals surface area contributed by atoms with Crippen molar-refractivity contribution in [1.29, 1.82) is 0 Å². The number of pyridine rings is 1. The Morgan fingerprint density at radius 3 is 2.23 bits per heavy atom. The van der Waals surface area contributed by atoms with Crippen LogP contribution in [0.25, 0.3) is 11.1 Å². The van der Waals surface area contributed by atoms with Gasteiger partial charge < -0.3 is 9.84 Å². The smallest absolute Gasteiger partial charge is 0.414 e. The highest BCUT2D eigenvalue weighted by atomic mass is 16.6. The van der Waals surface area contributed by atoms with E-state index in [-0.39, 0.29) is 18.9 Å². The average molecular weight is 402 g/mol. The molecular weight excluding hydrogens is 380 g/mol. The first-order valence-electron chi connectivity index (χ1n) is 9.82. The molecule has 30 heavy (non-hydrogen) atoms. The van der Waals surface area contributed by atoms with E-state index in [0.717, 1.165) is 22.3 Å². The molecule has 1 aromatic heterocycles. The highest BCUT2D eigenvalue weighted by Crippen LogP contribution is 2.44. The van der Waals surface area contributed by atoms with Gasteiger partial charge in [0.2, 0.25) is 0 Å². The number of amides is 1. The highest BCUT2D eigenvalue weighted by molar-refractivity contribution is 5.89. The Kier molecular flexibility index (Phi) is 5.48. The number of fused-ring (bicyclic) bond motifs is 3. The summed E-state index contributed by atoms with van der Waals surface area (Å²) < 4.78 is 5.73. The van der Waals surface area contributed by atoms with Gasteiger partial charge in [0, 0.05) is 18.2 Å². The predicted molar refractivity (Wildman–Crippen MR) is 113 cm³/mol. The second-order valence-electron chi connectivity index (χ2n) is 7.33. The SMILES string of the molecule is C[C@H](CC(=O)O)N(C(=O)OCC1c2ccccc2-c2ccccc21)c1cccnc1. The molecule has 0 fully saturated rings. The summed E-state index contributed by atoms with van der Waals surface area (Å²) in [6.07, 6.45) is 2.35. The van der Waals surface area contributed by atoms with Crippen molar-refractivity contribution in [3.63, 3.8) is 0 Å². The number of nitrogens with zero attached hydrogens (tertiary/aromatic N) is 2. The number of anilines is 1. The zero-order valence-electron chi connectivity index (χ0n) is 16.6. The zero-order valence-corrected chi connectivity index (χ0v) is 16.6. The molecule has 1 heterocycles. The van der Waals surface area contributed by atoms with E-state index in [1.165, 1.54) is 11.1 Å². The summed E-state index contributed by atoms with van der Waals surface area (Å²) in [7, 11) is 0. The summed E-state index contributed by atoms with van der Waals surface area (Å²) >= 11 is 0. The lowest BCUT2D eigenvalue weighted by atomic mass is 9.98. The van der Waals surface area contributed by atoms with Gasteiger partial charge in [-0.2, -0.15) is 0 Å². The standard InChI is InChI=1S/C24H22N2O4/c1-16(13-23(27)28)26(17-7-6-12-25-14-17)24(29)30-15-22-20-10-4-2-8-18(20)19-9-3-5-11-21(19)22/h2-12,14,16,22H,13,15H2,1H3,(H,27,28)/t16-/m1/s1. The Morgan fingerprint density at radius 2 is 1.67 bits per heavy atom. The van der Waals surface area contributed by atoms with Crippen LogP contribution in [0.4, 0.5) is 10.5 Å². The number of benzene rings is 2. The van der Waals surface area contributed by atoms with Crippen LogP contribution in [0.15, 0.2) is 73.1 Å². The second-order valence-corrected chi connectivity index (χ2v) is 7.33. The molecule has 0 bridgehead atoms. The molecular formula is C24H22N2O4. The summed E-state index contributed by atoms with van der Waals surface area (Å²) in [4.78, 5) is 29.7. The van der Waals surface area contributed by atoms with E-state index in [0.29, 0.717) is 5.69 Å². The number of hydrogen-bond acceptors (Lipinski definition) is 4. The van der Waals surface area contributed by atoms with Gasteiger partial charge in [-0.05, 0) is 41.3 Å². The Balaban J connectivity index is 1.57. The molecule has 6 nitrogen and oxygen atoms in total. The minimum absolute atomic E-state index is 0.0631. The van der Waals surface area contributed by atoms with Crippen LogP contribution in [-0.4, -0.2) is 34.8 Å². The summed E-state index contributed by atoms with van der Waals surface area (Å²) in [5, 5.41) is 9.19. The van der Waals surface area contributed by atoms with Gasteiger partial charge in [-0.1, -0.05) is 48.5 Å². The minimum Gasteiger partial charge on any atom is -0.481 e. The topological polar surface area (TPSA) is 79.7 Å². The van der Waals surface area contributed by atoms with Gasteiger partial charge in [0.25, 0.3) is 0 Å². The monoisotopic (exact) mass is 402 g/mol. The number of aromatic nitrogens is 1. The molecule has 1 atom stereocenters. The van der Waals surface area contributed by atoms with Gasteiger partial charge in [0.15, 0.2) is 0 Å². The fourth-order valence-corrected chi connectivity index (χ4v) is 4.04. The summed E-state index contributed by atoms with van der Waals surface area (Å²) in [6.45, 7) is 1.85. The third-order valence-corrected chi connectivity index (χ3v) is 5.37. The molecule has 0 unspecified atom stereocenters. The lowest BCUT2D eigenvalue weighted by Gasteiger charge is -2.28. The molecule has 0 aliphatic heterocycles. The van der Waals surface area contributed by atoms with E-state index in [9.17, 15) is 14.7 Å². The maximum absolute atomic E-state index is 13.0. The summed E-state index contributed by atoms with van der Waals surface area (Å²) in [6, 6.07) is 19.1. The van der Waals surface area contributed by atoms with Crippen molar-refractivity contribution in [2.24, 2.45) is 0 Å². The van der Waals surface area contributed by atoms with E-state index in [4.69, 9.17) is 4.74 Å². The van der Waals surface area contributed by atoms with Gasteiger partial charge in [0.1, 0.15) is 6.61 Å². The van der Waals surface area contributed by atoms with Crippen LogP contribution in [0.3, 0.4) is 0 Å². The number of hydrogen-bond donors (Lipinski definition) is 1. The maximum Gasteiger partial charge on any atom is 0.414 e. The van der Waals surface area contributed by atoms with Crippen LogP contribution in [0.2, 0.25) is 0 Å². The zero-order chi connectivity index (χ0) is 21.1. The molecule has 2 aromatic carbocycles. The first kappa shape index (κ1) is 19.6. The van der Waals surface area contributed by atoms with E-state index >= 15 is 0 Å². The van der Waals surface area contributed by atoms with Crippen LogP contribution in [-0.2, 0) is 9.53 Å². The molecule has 1 aliphatic rings. The van der Waals surface area contributed by atoms with Crippen molar-refractivity contribution in [3.05, 3.63) is 84.2 Å². The van der Waals surface area contributed by atoms with Crippen molar-refractivity contribution >= 4 is 17.7 Å². The van der Waals surface area contributed by atoms with Crippen LogP contribution < -0.4 is 4.90 Å². The molecule has 0 radical (unpaired) electrons. The molecule has 6 heteroatoms. The Labute approximate surface area is 174 Å². The molecule has 4 rings (SSSR count). The van der Waals surface area contributed by atoms with Crippen LogP contribution in [0, 0.1) is 0 Å². The predicted octanol–water partition coefficient (Wildman–Crippen LogP) is 4.70. The van der Waals surface area contributed by atoms with E-state index in [1.54, 1.807) is 25.3 Å². The Bertz CT molecular complexity index is 1020. The largest absolute Gasteiger partial charge is 0.481 e. The molecule has 0 saturated heterocycles. The maximum atomic E-state index is 13.0. The number of carbonyl (C=O) groups excluding carboxylic acids is 1. The van der Waals surface area contributed by atoms with Crippen molar-refractivity contribution in [1.82, 2.24) is 4.98 Å². The summed E-state index contributed by atoms with van der Waals surface area (Å²) in [5.41, 5.74) is 5.05. The van der Waals surface area contributed by atoms with Gasteiger partial charge in [0.05, 0.1) is 18.3 Å². The molecule has 1 aliphatic carbocycles. The first-order chi connectivity index (χ1) is 14.6. The van der Waals surface area contributed by atoms with E-state index < -0.39 is 18.1 Å². The fourth-order valence-electron chi connectivity index (χ4n) is 4.04. The molecule has 1 amide bonds. The fraction of sp³-hybridized carbons (Fsp3) is 0.208. The normalized spacial score (nSPS) is 13.2. The van der Waals surface area contributed by atoms with Gasteiger partial charge in [-0.25, -0.2) is 4.79 Å². The highest BCUT2D eigenvalue weighted by Gasteiger charge is 2.31. The molecule has 152 valence electrons. The van der Waals surface area contributed by atoms with Crippen molar-refractivity contribution < 1.29 is 19.4 Å². The molecule has 0 saturated carbocycles. The number of carboxylic acid groups (broad SMARTS) is 1. The van der Waals surface area contributed by atoms with Crippen LogP contribution >= 0.6 is 0 Å². The number of ether oxygens (including phenoxy) is 1. The van der Waals surface area contributed by atoms with Crippen molar-refractivity contribution in [2.45, 2.75) is 25.3 Å². The number of rotatable bonds is 6. The van der Waals surface area contributed by atoms with Crippen molar-refractivity contribution in [2.75, 3.05) is 11.5 Å². The lowest BCUT2D eigenvalue weighted by Crippen LogP contribution is -2.41. The lowest BCUT2D eigenvalue weighted by molar-refractivity contribution is -0.137. The molecule has 1 N–H and O–H groups in total. The third-order valence-electron chi connectivity index (χ3n) is 5.37. The quantitative estimate of drug-likeness (QED) is 0.646. The second kappa shape index (κ2) is 8.37. The first-order valence-corrected chi connectivity index (χ1v) is 9.82. The van der Waals surface area contributed by atoms with E-state index in [1.807, 2.05) is 24.3 Å². The van der Waals surface area contributed by atoms with E-state index in [2.05, 4.69) is 29.2 Å². The minimum atomic E-state index is -0.983. The number of carboxylic acids is 1. The molecule has 0 spiro atoms. The average Bonchev–Trinajstić information content (AvgIpc) is 3.06. The van der Waals surface area contributed by atoms with Crippen molar-refractivity contribution in [3.8, 4) is 11.1 Å². The van der Waals surface area contributed by atoms with Crippen LogP contribution in [0.5, 0.6) is 0 Å². The Morgan fingerprint density at radius 1 is 1.03 bits per heavy atom. The number of carbonyl (C=O) groups is 2. The van der Waals surface area contributed by atoms with Gasteiger partial charge in [-0.15, -0.1) is 0 Å². The third kappa shape index (κ3) is 3.76. The number of aliphatic carboxylic acids is 1. The molecule has 3 aromatic rings. The van der Waals surface area contributed by atoms with Gasteiger partial charge in [-0.3, -0.25) is 14.7 Å². The van der Waals surface area contributed by atoms with Gasteiger partial charge >= 0.3 is 12.1 Å².